The van der Waals surface area contributed by atoms with Gasteiger partial charge in [0.25, 0.3) is 5.91 Å². The van der Waals surface area contributed by atoms with Crippen LogP contribution < -0.4 is 15.0 Å². The molecule has 7 heteroatoms. The van der Waals surface area contributed by atoms with Crippen LogP contribution >= 0.6 is 23.2 Å². The van der Waals surface area contributed by atoms with Crippen LogP contribution in [-0.4, -0.2) is 31.1 Å². The third-order valence-electron chi connectivity index (χ3n) is 3.10. The molecule has 1 aromatic heterocycles. The number of nitrogens with zero attached hydrogens (tertiary/aromatic N) is 2. The molecule has 1 amide bonds. The van der Waals surface area contributed by atoms with Crippen molar-refractivity contribution >= 4 is 40.6 Å². The van der Waals surface area contributed by atoms with Gasteiger partial charge in [-0.25, -0.2) is 4.98 Å². The largest absolute Gasteiger partial charge is 0.479 e. The minimum absolute atomic E-state index is 0.280. The smallest absolute Gasteiger partial charge is 0.266 e. The fraction of sp³-hybridized carbons (Fsp3) is 0.250. The summed E-state index contributed by atoms with van der Waals surface area (Å²) < 4.78 is 5.56. The highest BCUT2D eigenvalue weighted by molar-refractivity contribution is 6.42. The summed E-state index contributed by atoms with van der Waals surface area (Å²) in [5.74, 6) is 0.483. The highest BCUT2D eigenvalue weighted by atomic mass is 35.5. The van der Waals surface area contributed by atoms with Crippen LogP contribution in [-0.2, 0) is 4.79 Å². The van der Waals surface area contributed by atoms with Crippen LogP contribution in [0.2, 0.25) is 10.0 Å². The maximum Gasteiger partial charge on any atom is 0.266 e. The number of rotatable bonds is 5. The summed E-state index contributed by atoms with van der Waals surface area (Å²) in [7, 11) is 3.83. The standard InChI is InChI=1S/C16H17Cl2N3O2/c1-10(23-13-6-4-5-12(17)15(13)18)16(22)20-14-8-7-11(9-19-14)21(2)3/h4-10H,1-3H3,(H,19,20,22). The first-order valence-corrected chi connectivity index (χ1v) is 7.69. The number of aromatic nitrogens is 1. The van der Waals surface area contributed by atoms with Gasteiger partial charge in [0.2, 0.25) is 0 Å². The van der Waals surface area contributed by atoms with E-state index in [4.69, 9.17) is 27.9 Å². The number of anilines is 2. The molecule has 0 radical (unpaired) electrons. The van der Waals surface area contributed by atoms with Crippen molar-refractivity contribution in [3.05, 3.63) is 46.6 Å². The highest BCUT2D eigenvalue weighted by Crippen LogP contribution is 2.32. The Labute approximate surface area is 145 Å². The van der Waals surface area contributed by atoms with Gasteiger partial charge in [0, 0.05) is 14.1 Å². The van der Waals surface area contributed by atoms with E-state index in [2.05, 4.69) is 10.3 Å². The molecular weight excluding hydrogens is 337 g/mol. The fourth-order valence-corrected chi connectivity index (χ4v) is 2.11. The third kappa shape index (κ3) is 4.50. The Morgan fingerprint density at radius 3 is 2.61 bits per heavy atom. The summed E-state index contributed by atoms with van der Waals surface area (Å²) in [6, 6.07) is 8.60. The molecule has 1 aromatic carbocycles. The van der Waals surface area contributed by atoms with Gasteiger partial charge in [-0.15, -0.1) is 0 Å². The monoisotopic (exact) mass is 353 g/mol. The number of ether oxygens (including phenoxy) is 1. The molecule has 1 unspecified atom stereocenters. The molecule has 122 valence electrons. The van der Waals surface area contributed by atoms with Crippen molar-refractivity contribution in [2.45, 2.75) is 13.0 Å². The van der Waals surface area contributed by atoms with E-state index in [1.807, 2.05) is 25.1 Å². The fourth-order valence-electron chi connectivity index (χ4n) is 1.77. The van der Waals surface area contributed by atoms with Gasteiger partial charge in [-0.2, -0.15) is 0 Å². The van der Waals surface area contributed by atoms with E-state index in [0.717, 1.165) is 5.69 Å². The van der Waals surface area contributed by atoms with Gasteiger partial charge in [0.15, 0.2) is 6.10 Å². The Hall–Kier alpha value is -1.98. The van der Waals surface area contributed by atoms with Crippen LogP contribution in [0.15, 0.2) is 36.5 Å². The maximum absolute atomic E-state index is 12.2. The summed E-state index contributed by atoms with van der Waals surface area (Å²) >= 11 is 12.0. The Kier molecular flexibility index (Phi) is 5.69. The Morgan fingerprint density at radius 1 is 1.26 bits per heavy atom. The molecule has 0 saturated carbocycles. The molecule has 0 spiro atoms. The summed E-state index contributed by atoms with van der Waals surface area (Å²) in [5, 5.41) is 3.35. The average molecular weight is 354 g/mol. The lowest BCUT2D eigenvalue weighted by Crippen LogP contribution is -2.30. The normalized spacial score (nSPS) is 11.7. The van der Waals surface area contributed by atoms with E-state index in [0.29, 0.717) is 16.6 Å². The lowest BCUT2D eigenvalue weighted by Gasteiger charge is -2.16. The van der Waals surface area contributed by atoms with Gasteiger partial charge in [-0.3, -0.25) is 4.79 Å². The van der Waals surface area contributed by atoms with Gasteiger partial charge in [-0.05, 0) is 31.2 Å². The van der Waals surface area contributed by atoms with Crippen molar-refractivity contribution in [3.63, 3.8) is 0 Å². The van der Waals surface area contributed by atoms with E-state index in [9.17, 15) is 4.79 Å². The van der Waals surface area contributed by atoms with Crippen molar-refractivity contribution in [3.8, 4) is 5.75 Å². The van der Waals surface area contributed by atoms with Gasteiger partial charge >= 0.3 is 0 Å². The van der Waals surface area contributed by atoms with Crippen molar-refractivity contribution in [1.29, 1.82) is 0 Å². The highest BCUT2D eigenvalue weighted by Gasteiger charge is 2.17. The van der Waals surface area contributed by atoms with Crippen molar-refractivity contribution < 1.29 is 9.53 Å². The van der Waals surface area contributed by atoms with Gasteiger partial charge < -0.3 is 15.0 Å². The molecule has 0 saturated heterocycles. The number of hydrogen-bond donors (Lipinski definition) is 1. The molecular formula is C16H17Cl2N3O2. The number of hydrogen-bond acceptors (Lipinski definition) is 4. The lowest BCUT2D eigenvalue weighted by atomic mass is 10.3. The molecule has 1 heterocycles. The quantitative estimate of drug-likeness (QED) is 0.886. The molecule has 0 aliphatic heterocycles. The second kappa shape index (κ2) is 7.53. The topological polar surface area (TPSA) is 54.5 Å². The summed E-state index contributed by atoms with van der Waals surface area (Å²) in [5.41, 5.74) is 0.943. The molecule has 2 aromatic rings. The first kappa shape index (κ1) is 17.4. The summed E-state index contributed by atoms with van der Waals surface area (Å²) in [4.78, 5) is 18.3. The SMILES string of the molecule is CC(Oc1cccc(Cl)c1Cl)C(=O)Nc1ccc(N(C)C)cn1. The molecule has 0 aliphatic rings. The van der Waals surface area contributed by atoms with Crippen LogP contribution in [0.4, 0.5) is 11.5 Å². The Morgan fingerprint density at radius 2 is 2.00 bits per heavy atom. The van der Waals surface area contributed by atoms with Crippen molar-refractivity contribution in [2.75, 3.05) is 24.3 Å². The second-order valence-corrected chi connectivity index (χ2v) is 5.88. The molecule has 0 aliphatic carbocycles. The van der Waals surface area contributed by atoms with Crippen molar-refractivity contribution in [2.24, 2.45) is 0 Å². The van der Waals surface area contributed by atoms with E-state index in [1.165, 1.54) is 0 Å². The number of pyridine rings is 1. The molecule has 2 rings (SSSR count). The van der Waals surface area contributed by atoms with Crippen LogP contribution in [0.1, 0.15) is 6.92 Å². The molecule has 23 heavy (non-hydrogen) atoms. The van der Waals surface area contributed by atoms with Crippen LogP contribution in [0.25, 0.3) is 0 Å². The number of halogens is 2. The van der Waals surface area contributed by atoms with E-state index in [-0.39, 0.29) is 10.9 Å². The number of amides is 1. The maximum atomic E-state index is 12.2. The number of carbonyl (C=O) groups excluding carboxylic acids is 1. The van der Waals surface area contributed by atoms with Crippen molar-refractivity contribution in [1.82, 2.24) is 4.98 Å². The van der Waals surface area contributed by atoms with Crippen LogP contribution in [0, 0.1) is 0 Å². The second-order valence-electron chi connectivity index (χ2n) is 5.10. The van der Waals surface area contributed by atoms with Gasteiger partial charge in [-0.1, -0.05) is 29.3 Å². The molecule has 0 fully saturated rings. The third-order valence-corrected chi connectivity index (χ3v) is 3.91. The zero-order valence-electron chi connectivity index (χ0n) is 13.0. The van der Waals surface area contributed by atoms with E-state index < -0.39 is 6.10 Å². The number of benzene rings is 1. The van der Waals surface area contributed by atoms with Gasteiger partial charge in [0.1, 0.15) is 16.6 Å². The predicted octanol–water partition coefficient (Wildman–Crippen LogP) is 3.86. The lowest BCUT2D eigenvalue weighted by molar-refractivity contribution is -0.122. The van der Waals surface area contributed by atoms with Crippen LogP contribution in [0.3, 0.4) is 0 Å². The summed E-state index contributed by atoms with van der Waals surface area (Å²) in [6.45, 7) is 1.63. The van der Waals surface area contributed by atoms with E-state index in [1.54, 1.807) is 37.4 Å². The average Bonchev–Trinajstić information content (AvgIpc) is 2.52. The number of nitrogens with one attached hydrogen (secondary N) is 1. The summed E-state index contributed by atoms with van der Waals surface area (Å²) in [6.07, 6.45) is 0.927. The molecule has 0 bridgehead atoms. The van der Waals surface area contributed by atoms with Crippen LogP contribution in [0.5, 0.6) is 5.75 Å². The number of carbonyl (C=O) groups is 1. The van der Waals surface area contributed by atoms with Gasteiger partial charge in [0.05, 0.1) is 16.9 Å². The molecule has 5 nitrogen and oxygen atoms in total. The Bertz CT molecular complexity index is 690. The zero-order chi connectivity index (χ0) is 17.0. The predicted molar refractivity (Wildman–Crippen MR) is 93.7 cm³/mol. The first-order valence-electron chi connectivity index (χ1n) is 6.93. The Balaban J connectivity index is 2.01. The minimum Gasteiger partial charge on any atom is -0.479 e. The zero-order valence-corrected chi connectivity index (χ0v) is 14.5. The minimum atomic E-state index is -0.749. The molecule has 1 N–H and O–H groups in total. The van der Waals surface area contributed by atoms with E-state index >= 15 is 0 Å². The molecule has 1 atom stereocenters. The first-order chi connectivity index (χ1) is 10.9.